The number of amides is 2. The lowest BCUT2D eigenvalue weighted by molar-refractivity contribution is -0.164. The summed E-state index contributed by atoms with van der Waals surface area (Å²) in [6.07, 6.45) is 2.35. The molecule has 0 aliphatic heterocycles. The van der Waals surface area contributed by atoms with Gasteiger partial charge in [0.15, 0.2) is 0 Å². The van der Waals surface area contributed by atoms with E-state index in [1.165, 1.54) is 0 Å². The second kappa shape index (κ2) is 10.4. The fraction of sp³-hybridized carbons (Fsp3) is 0.423. The van der Waals surface area contributed by atoms with E-state index in [4.69, 9.17) is 9.84 Å². The summed E-state index contributed by atoms with van der Waals surface area (Å²) in [6.45, 7) is -1.10. The number of halogens is 2. The van der Waals surface area contributed by atoms with Crippen molar-refractivity contribution in [3.63, 3.8) is 0 Å². The highest BCUT2D eigenvalue weighted by Gasteiger charge is 2.39. The Morgan fingerprint density at radius 1 is 0.971 bits per heavy atom. The van der Waals surface area contributed by atoms with Crippen LogP contribution in [0.15, 0.2) is 48.5 Å². The maximum absolute atomic E-state index is 13.2. The Hall–Kier alpha value is -3.49. The molecule has 2 aliphatic rings. The Morgan fingerprint density at radius 2 is 1.57 bits per heavy atom. The van der Waals surface area contributed by atoms with Crippen LogP contribution in [0.4, 0.5) is 13.6 Å². The van der Waals surface area contributed by atoms with Crippen molar-refractivity contribution in [2.75, 3.05) is 13.2 Å². The first-order valence-corrected chi connectivity index (χ1v) is 11.8. The molecular formula is C26H28F2N2O5. The van der Waals surface area contributed by atoms with E-state index in [9.17, 15) is 23.2 Å². The Labute approximate surface area is 201 Å². The van der Waals surface area contributed by atoms with Gasteiger partial charge < -0.3 is 20.5 Å². The molecule has 186 valence electrons. The molecule has 0 heterocycles. The quantitative estimate of drug-likeness (QED) is 0.516. The fourth-order valence-electron chi connectivity index (χ4n) is 5.03. The van der Waals surface area contributed by atoms with Crippen LogP contribution in [0.5, 0.6) is 0 Å². The van der Waals surface area contributed by atoms with Crippen molar-refractivity contribution in [3.8, 4) is 11.1 Å². The average molecular weight is 487 g/mol. The van der Waals surface area contributed by atoms with Gasteiger partial charge in [0.05, 0.1) is 6.54 Å². The SMILES string of the molecule is O=C(C[C@H]1CCCC[C@H]1NC(=O)OCC1c2ccccc2-c2ccccc21)NCC(F)(F)C(=O)O. The first-order chi connectivity index (χ1) is 16.8. The molecule has 3 N–H and O–H groups in total. The van der Waals surface area contributed by atoms with E-state index in [1.54, 1.807) is 0 Å². The molecule has 0 spiro atoms. The number of alkyl carbamates (subject to hydrolysis) is 1. The molecule has 0 aromatic heterocycles. The van der Waals surface area contributed by atoms with E-state index in [1.807, 2.05) is 41.7 Å². The predicted octanol–water partition coefficient (Wildman–Crippen LogP) is 4.31. The fourth-order valence-corrected chi connectivity index (χ4v) is 5.03. The van der Waals surface area contributed by atoms with Crippen molar-refractivity contribution < 1.29 is 33.0 Å². The lowest BCUT2D eigenvalue weighted by atomic mass is 9.82. The molecule has 2 aliphatic carbocycles. The molecule has 2 atom stereocenters. The zero-order valence-electron chi connectivity index (χ0n) is 19.1. The molecule has 1 fully saturated rings. The minimum atomic E-state index is -4.03. The van der Waals surface area contributed by atoms with Gasteiger partial charge in [0.2, 0.25) is 5.91 Å². The lowest BCUT2D eigenvalue weighted by Gasteiger charge is -2.31. The Balaban J connectivity index is 1.32. The molecule has 2 aromatic rings. The van der Waals surface area contributed by atoms with Crippen molar-refractivity contribution in [1.29, 1.82) is 0 Å². The van der Waals surface area contributed by atoms with Gasteiger partial charge in [-0.15, -0.1) is 0 Å². The topological polar surface area (TPSA) is 105 Å². The highest BCUT2D eigenvalue weighted by molar-refractivity contribution is 5.80. The largest absolute Gasteiger partial charge is 0.477 e. The van der Waals surface area contributed by atoms with E-state index >= 15 is 0 Å². The number of hydrogen-bond donors (Lipinski definition) is 3. The third kappa shape index (κ3) is 5.61. The summed E-state index contributed by atoms with van der Waals surface area (Å²) < 4.78 is 32.1. The summed E-state index contributed by atoms with van der Waals surface area (Å²) in [4.78, 5) is 35.3. The van der Waals surface area contributed by atoms with Crippen molar-refractivity contribution in [3.05, 3.63) is 59.7 Å². The zero-order chi connectivity index (χ0) is 25.0. The van der Waals surface area contributed by atoms with Crippen LogP contribution in [0, 0.1) is 5.92 Å². The van der Waals surface area contributed by atoms with Crippen LogP contribution in [0.3, 0.4) is 0 Å². The second-order valence-corrected chi connectivity index (χ2v) is 9.11. The maximum Gasteiger partial charge on any atom is 0.407 e. The minimum Gasteiger partial charge on any atom is -0.477 e. The second-order valence-electron chi connectivity index (χ2n) is 9.11. The van der Waals surface area contributed by atoms with Crippen LogP contribution in [0.2, 0.25) is 0 Å². The van der Waals surface area contributed by atoms with E-state index in [2.05, 4.69) is 17.4 Å². The number of nitrogens with one attached hydrogen (secondary N) is 2. The number of benzene rings is 2. The minimum absolute atomic E-state index is 0.0722. The molecule has 4 rings (SSSR count). The van der Waals surface area contributed by atoms with Crippen LogP contribution >= 0.6 is 0 Å². The number of ether oxygens (including phenoxy) is 1. The average Bonchev–Trinajstić information content (AvgIpc) is 3.16. The summed E-state index contributed by atoms with van der Waals surface area (Å²) in [6, 6.07) is 15.7. The molecule has 9 heteroatoms. The number of carbonyl (C=O) groups is 3. The van der Waals surface area contributed by atoms with Gasteiger partial charge in [-0.2, -0.15) is 8.78 Å². The van der Waals surface area contributed by atoms with Gasteiger partial charge >= 0.3 is 18.0 Å². The molecule has 35 heavy (non-hydrogen) atoms. The van der Waals surface area contributed by atoms with Crippen LogP contribution in [0.25, 0.3) is 11.1 Å². The van der Waals surface area contributed by atoms with Gasteiger partial charge in [-0.25, -0.2) is 9.59 Å². The predicted molar refractivity (Wildman–Crippen MR) is 124 cm³/mol. The highest BCUT2D eigenvalue weighted by atomic mass is 19.3. The van der Waals surface area contributed by atoms with E-state index in [0.717, 1.165) is 35.1 Å². The molecular weight excluding hydrogens is 458 g/mol. The summed E-state index contributed by atoms with van der Waals surface area (Å²) in [5, 5.41) is 13.3. The molecule has 0 unspecified atom stereocenters. The molecule has 0 saturated heterocycles. The smallest absolute Gasteiger partial charge is 0.407 e. The summed E-state index contributed by atoms with van der Waals surface area (Å²) >= 11 is 0. The zero-order valence-corrected chi connectivity index (χ0v) is 19.1. The van der Waals surface area contributed by atoms with Crippen molar-refractivity contribution in [1.82, 2.24) is 10.6 Å². The van der Waals surface area contributed by atoms with Crippen LogP contribution in [0.1, 0.15) is 49.1 Å². The van der Waals surface area contributed by atoms with Gasteiger partial charge in [-0.1, -0.05) is 61.4 Å². The molecule has 2 aromatic carbocycles. The first kappa shape index (κ1) is 24.6. The van der Waals surface area contributed by atoms with E-state index < -0.39 is 30.4 Å². The van der Waals surface area contributed by atoms with Gasteiger partial charge in [-0.05, 0) is 41.0 Å². The normalized spacial score (nSPS) is 19.4. The number of fused-ring (bicyclic) bond motifs is 3. The molecule has 7 nitrogen and oxygen atoms in total. The lowest BCUT2D eigenvalue weighted by Crippen LogP contribution is -2.46. The molecule has 1 saturated carbocycles. The van der Waals surface area contributed by atoms with Crippen LogP contribution in [-0.4, -0.2) is 48.2 Å². The summed E-state index contributed by atoms with van der Waals surface area (Å²) in [5.41, 5.74) is 4.46. The standard InChI is InChI=1S/C26H28F2N2O5/c27-26(28,24(32)33)15-29-23(31)13-16-7-1-6-12-22(16)30-25(34)35-14-21-19-10-4-2-8-17(19)18-9-3-5-11-20(18)21/h2-5,8-11,16,21-22H,1,6-7,12-15H2,(H,29,31)(H,30,34)(H,32,33)/t16-,22-/m1/s1. The number of hydrogen-bond acceptors (Lipinski definition) is 4. The molecule has 0 radical (unpaired) electrons. The van der Waals surface area contributed by atoms with Gasteiger partial charge in [0, 0.05) is 18.4 Å². The number of carboxylic acid groups (broad SMARTS) is 1. The number of rotatable bonds is 8. The van der Waals surface area contributed by atoms with Gasteiger partial charge in [0.1, 0.15) is 6.61 Å². The van der Waals surface area contributed by atoms with Gasteiger partial charge in [0.25, 0.3) is 0 Å². The Morgan fingerprint density at radius 3 is 2.20 bits per heavy atom. The first-order valence-electron chi connectivity index (χ1n) is 11.8. The van der Waals surface area contributed by atoms with E-state index in [0.29, 0.717) is 12.8 Å². The summed E-state index contributed by atoms with van der Waals surface area (Å²) in [7, 11) is 0. The van der Waals surface area contributed by atoms with Crippen LogP contribution < -0.4 is 10.6 Å². The molecule has 2 amide bonds. The number of aliphatic carboxylic acids is 1. The Bertz CT molecular complexity index is 1060. The highest BCUT2D eigenvalue weighted by Crippen LogP contribution is 2.44. The van der Waals surface area contributed by atoms with E-state index in [-0.39, 0.29) is 30.9 Å². The van der Waals surface area contributed by atoms with Crippen molar-refractivity contribution in [2.45, 2.75) is 50.0 Å². The number of carbonyl (C=O) groups excluding carboxylic acids is 2. The Kier molecular flexibility index (Phi) is 7.33. The van der Waals surface area contributed by atoms with Crippen molar-refractivity contribution >= 4 is 18.0 Å². The maximum atomic E-state index is 13.2. The number of carboxylic acids is 1. The van der Waals surface area contributed by atoms with Crippen molar-refractivity contribution in [2.24, 2.45) is 5.92 Å². The number of alkyl halides is 2. The van der Waals surface area contributed by atoms with Gasteiger partial charge in [-0.3, -0.25) is 4.79 Å². The monoisotopic (exact) mass is 486 g/mol. The molecule has 0 bridgehead atoms. The third-order valence-electron chi connectivity index (χ3n) is 6.82. The third-order valence-corrected chi connectivity index (χ3v) is 6.82. The van der Waals surface area contributed by atoms with Crippen LogP contribution in [-0.2, 0) is 14.3 Å². The summed E-state index contributed by atoms with van der Waals surface area (Å²) in [5.74, 6) is -7.30.